The van der Waals surface area contributed by atoms with E-state index in [1.54, 1.807) is 24.3 Å². The summed E-state index contributed by atoms with van der Waals surface area (Å²) in [7, 11) is 0. The summed E-state index contributed by atoms with van der Waals surface area (Å²) in [5.74, 6) is -1.79. The molecule has 1 aromatic rings. The van der Waals surface area contributed by atoms with Gasteiger partial charge in [0.15, 0.2) is 0 Å². The van der Waals surface area contributed by atoms with Gasteiger partial charge in [-0.3, -0.25) is 24.1 Å². The molecule has 1 aliphatic rings. The molecule has 2 rings (SSSR count). The second kappa shape index (κ2) is 7.53. The van der Waals surface area contributed by atoms with Crippen molar-refractivity contribution in [2.45, 2.75) is 25.7 Å². The Hall–Kier alpha value is -2.70. The molecular weight excluding hydrogens is 300 g/mol. The van der Waals surface area contributed by atoms with E-state index in [-0.39, 0.29) is 43.7 Å². The SMILES string of the molecule is O=C(O)CCCCC(=O)NCCN1C(=O)c2ccccc2C1=O. The standard InChI is InChI=1S/C16H18N2O5/c19-13(7-3-4-8-14(20)21)17-9-10-18-15(22)11-5-1-2-6-12(11)16(18)23/h1-2,5-6H,3-4,7-10H2,(H,17,19)(H,20,21). The molecule has 7 heteroatoms. The number of amides is 3. The minimum absolute atomic E-state index is 0.0440. The average Bonchev–Trinajstić information content (AvgIpc) is 2.77. The Morgan fingerprint density at radius 3 is 2.13 bits per heavy atom. The van der Waals surface area contributed by atoms with Crippen LogP contribution in [0.2, 0.25) is 0 Å². The molecular formula is C16H18N2O5. The Kier molecular flexibility index (Phi) is 5.46. The van der Waals surface area contributed by atoms with Gasteiger partial charge in [0, 0.05) is 25.9 Å². The molecule has 0 saturated heterocycles. The smallest absolute Gasteiger partial charge is 0.303 e. The van der Waals surface area contributed by atoms with Crippen LogP contribution in [0.25, 0.3) is 0 Å². The van der Waals surface area contributed by atoms with Gasteiger partial charge in [0.05, 0.1) is 11.1 Å². The molecule has 2 N–H and O–H groups in total. The highest BCUT2D eigenvalue weighted by molar-refractivity contribution is 6.21. The van der Waals surface area contributed by atoms with Crippen molar-refractivity contribution >= 4 is 23.7 Å². The van der Waals surface area contributed by atoms with Gasteiger partial charge in [-0.25, -0.2) is 0 Å². The first-order valence-corrected chi connectivity index (χ1v) is 7.44. The topological polar surface area (TPSA) is 104 Å². The van der Waals surface area contributed by atoms with E-state index in [0.717, 1.165) is 4.90 Å². The Morgan fingerprint density at radius 1 is 1.00 bits per heavy atom. The highest BCUT2D eigenvalue weighted by Crippen LogP contribution is 2.21. The zero-order chi connectivity index (χ0) is 16.8. The number of hydrogen-bond donors (Lipinski definition) is 2. The lowest BCUT2D eigenvalue weighted by atomic mass is 10.1. The first-order valence-electron chi connectivity index (χ1n) is 7.44. The summed E-state index contributed by atoms with van der Waals surface area (Å²) in [6.45, 7) is 0.302. The Bertz CT molecular complexity index is 606. The van der Waals surface area contributed by atoms with Crippen LogP contribution in [-0.2, 0) is 9.59 Å². The molecule has 0 unspecified atom stereocenters. The van der Waals surface area contributed by atoms with Crippen LogP contribution in [0.1, 0.15) is 46.4 Å². The van der Waals surface area contributed by atoms with Crippen LogP contribution in [0, 0.1) is 0 Å². The molecule has 1 heterocycles. The molecule has 0 radical (unpaired) electrons. The van der Waals surface area contributed by atoms with E-state index >= 15 is 0 Å². The van der Waals surface area contributed by atoms with Crippen molar-refractivity contribution in [2.75, 3.05) is 13.1 Å². The van der Waals surface area contributed by atoms with E-state index in [0.29, 0.717) is 24.0 Å². The molecule has 3 amide bonds. The number of carboxylic acids is 1. The number of hydrogen-bond acceptors (Lipinski definition) is 4. The largest absolute Gasteiger partial charge is 0.481 e. The van der Waals surface area contributed by atoms with Gasteiger partial charge >= 0.3 is 5.97 Å². The summed E-state index contributed by atoms with van der Waals surface area (Å²) < 4.78 is 0. The van der Waals surface area contributed by atoms with Crippen molar-refractivity contribution < 1.29 is 24.3 Å². The fourth-order valence-corrected chi connectivity index (χ4v) is 2.40. The maximum Gasteiger partial charge on any atom is 0.303 e. The van der Waals surface area contributed by atoms with Gasteiger partial charge in [0.2, 0.25) is 5.91 Å². The van der Waals surface area contributed by atoms with Gasteiger partial charge in [0.1, 0.15) is 0 Å². The number of unbranched alkanes of at least 4 members (excludes halogenated alkanes) is 1. The fourth-order valence-electron chi connectivity index (χ4n) is 2.40. The number of aliphatic carboxylic acids is 1. The Balaban J connectivity index is 1.73. The predicted molar refractivity (Wildman–Crippen MR) is 80.9 cm³/mol. The highest BCUT2D eigenvalue weighted by Gasteiger charge is 2.34. The van der Waals surface area contributed by atoms with E-state index in [4.69, 9.17) is 5.11 Å². The third-order valence-corrected chi connectivity index (χ3v) is 3.58. The van der Waals surface area contributed by atoms with Gasteiger partial charge in [-0.15, -0.1) is 0 Å². The molecule has 0 aliphatic carbocycles. The van der Waals surface area contributed by atoms with Crippen molar-refractivity contribution in [3.05, 3.63) is 35.4 Å². The van der Waals surface area contributed by atoms with Crippen molar-refractivity contribution in [3.63, 3.8) is 0 Å². The summed E-state index contributed by atoms with van der Waals surface area (Å²) in [6, 6.07) is 6.62. The van der Waals surface area contributed by atoms with Gasteiger partial charge in [-0.05, 0) is 25.0 Å². The summed E-state index contributed by atoms with van der Waals surface area (Å²) >= 11 is 0. The van der Waals surface area contributed by atoms with Gasteiger partial charge in [-0.1, -0.05) is 12.1 Å². The van der Waals surface area contributed by atoms with E-state index in [9.17, 15) is 19.2 Å². The molecule has 0 aromatic heterocycles. The van der Waals surface area contributed by atoms with E-state index < -0.39 is 5.97 Å². The molecule has 0 atom stereocenters. The summed E-state index contributed by atoms with van der Waals surface area (Å²) in [5.41, 5.74) is 0.773. The maximum atomic E-state index is 12.1. The highest BCUT2D eigenvalue weighted by atomic mass is 16.4. The third-order valence-electron chi connectivity index (χ3n) is 3.58. The first kappa shape index (κ1) is 16.7. The van der Waals surface area contributed by atoms with Crippen LogP contribution >= 0.6 is 0 Å². The number of carbonyl (C=O) groups is 4. The number of nitrogens with one attached hydrogen (secondary N) is 1. The molecule has 1 aromatic carbocycles. The quantitative estimate of drug-likeness (QED) is 0.550. The predicted octanol–water partition coefficient (Wildman–Crippen LogP) is 1.04. The number of benzene rings is 1. The van der Waals surface area contributed by atoms with E-state index in [2.05, 4.69) is 5.32 Å². The monoisotopic (exact) mass is 318 g/mol. The van der Waals surface area contributed by atoms with E-state index in [1.807, 2.05) is 0 Å². The number of fused-ring (bicyclic) bond motifs is 1. The van der Waals surface area contributed by atoms with Crippen molar-refractivity contribution in [2.24, 2.45) is 0 Å². The third kappa shape index (κ3) is 4.15. The normalized spacial score (nSPS) is 13.1. The van der Waals surface area contributed by atoms with Crippen LogP contribution in [-0.4, -0.2) is 46.8 Å². The molecule has 0 spiro atoms. The zero-order valence-electron chi connectivity index (χ0n) is 12.6. The summed E-state index contributed by atoms with van der Waals surface area (Å²) in [5, 5.41) is 11.1. The molecule has 1 aliphatic heterocycles. The van der Waals surface area contributed by atoms with Gasteiger partial charge < -0.3 is 10.4 Å². The minimum Gasteiger partial charge on any atom is -0.481 e. The first-order chi connectivity index (χ1) is 11.0. The number of rotatable bonds is 8. The van der Waals surface area contributed by atoms with Crippen LogP contribution in [0.4, 0.5) is 0 Å². The lowest BCUT2D eigenvalue weighted by molar-refractivity contribution is -0.137. The number of imide groups is 1. The minimum atomic E-state index is -0.879. The van der Waals surface area contributed by atoms with Crippen molar-refractivity contribution in [3.8, 4) is 0 Å². The van der Waals surface area contributed by atoms with Crippen LogP contribution in [0.15, 0.2) is 24.3 Å². The van der Waals surface area contributed by atoms with Crippen LogP contribution < -0.4 is 5.32 Å². The molecule has 0 bridgehead atoms. The Morgan fingerprint density at radius 2 is 1.57 bits per heavy atom. The maximum absolute atomic E-state index is 12.1. The summed E-state index contributed by atoms with van der Waals surface area (Å²) in [6.07, 6.45) is 1.21. The molecule has 7 nitrogen and oxygen atoms in total. The number of nitrogens with zero attached hydrogens (tertiary/aromatic N) is 1. The van der Waals surface area contributed by atoms with Gasteiger partial charge in [-0.2, -0.15) is 0 Å². The van der Waals surface area contributed by atoms with Gasteiger partial charge in [0.25, 0.3) is 11.8 Å². The van der Waals surface area contributed by atoms with Crippen molar-refractivity contribution in [1.29, 1.82) is 0 Å². The lowest BCUT2D eigenvalue weighted by Gasteiger charge is -2.14. The average molecular weight is 318 g/mol. The molecule has 23 heavy (non-hydrogen) atoms. The fraction of sp³-hybridized carbons (Fsp3) is 0.375. The van der Waals surface area contributed by atoms with E-state index in [1.165, 1.54) is 0 Å². The second-order valence-electron chi connectivity index (χ2n) is 5.26. The second-order valence-corrected chi connectivity index (χ2v) is 5.26. The molecule has 0 saturated carbocycles. The van der Waals surface area contributed by atoms with Crippen molar-refractivity contribution in [1.82, 2.24) is 10.2 Å². The molecule has 122 valence electrons. The summed E-state index contributed by atoms with van der Waals surface area (Å²) in [4.78, 5) is 47.3. The number of carboxylic acid groups (broad SMARTS) is 1. The molecule has 0 fully saturated rings. The lowest BCUT2D eigenvalue weighted by Crippen LogP contribution is -2.38. The zero-order valence-corrected chi connectivity index (χ0v) is 12.6. The van der Waals surface area contributed by atoms with Crippen LogP contribution in [0.3, 0.4) is 0 Å². The Labute approximate surface area is 133 Å². The number of carbonyl (C=O) groups excluding carboxylic acids is 3. The van der Waals surface area contributed by atoms with Crippen LogP contribution in [0.5, 0.6) is 0 Å².